The summed E-state index contributed by atoms with van der Waals surface area (Å²) in [6.45, 7) is 1.58. The molecule has 1 fully saturated rings. The number of hydrogen-bond acceptors (Lipinski definition) is 5. The van der Waals surface area contributed by atoms with E-state index in [9.17, 15) is 4.79 Å². The van der Waals surface area contributed by atoms with E-state index >= 15 is 0 Å². The summed E-state index contributed by atoms with van der Waals surface area (Å²) in [5.74, 6) is 0.455. The number of anilines is 2. The Morgan fingerprint density at radius 2 is 2.33 bits per heavy atom. The first-order valence-corrected chi connectivity index (χ1v) is 5.08. The van der Waals surface area contributed by atoms with Crippen LogP contribution in [0.3, 0.4) is 0 Å². The molecule has 0 spiro atoms. The first kappa shape index (κ1) is 9.97. The summed E-state index contributed by atoms with van der Waals surface area (Å²) in [4.78, 5) is 17.5. The van der Waals surface area contributed by atoms with Crippen LogP contribution >= 0.6 is 0 Å². The van der Waals surface area contributed by atoms with Crippen LogP contribution in [0.2, 0.25) is 0 Å². The van der Waals surface area contributed by atoms with Gasteiger partial charge in [-0.25, -0.2) is 4.98 Å². The van der Waals surface area contributed by atoms with Crippen molar-refractivity contribution in [1.82, 2.24) is 15.3 Å². The van der Waals surface area contributed by atoms with Crippen molar-refractivity contribution in [3.8, 4) is 0 Å². The number of H-pyrrole nitrogens is 1. The van der Waals surface area contributed by atoms with Crippen molar-refractivity contribution in [3.05, 3.63) is 16.7 Å². The number of hydrogen-bond donors (Lipinski definition) is 4. The number of nitrogens with zero attached hydrogens (tertiary/aromatic N) is 1. The molecule has 2 rings (SSSR count). The fourth-order valence-electron chi connectivity index (χ4n) is 1.30. The van der Waals surface area contributed by atoms with Gasteiger partial charge in [0, 0.05) is 19.1 Å². The molecule has 6 nitrogen and oxygen atoms in total. The highest BCUT2D eigenvalue weighted by Gasteiger charge is 2.19. The predicted octanol–water partition coefficient (Wildman–Crippen LogP) is -0.484. The van der Waals surface area contributed by atoms with E-state index in [2.05, 4.69) is 20.6 Å². The third-order valence-electron chi connectivity index (χ3n) is 2.32. The van der Waals surface area contributed by atoms with Crippen molar-refractivity contribution < 1.29 is 0 Å². The van der Waals surface area contributed by atoms with Crippen LogP contribution in [0, 0.1) is 0 Å². The molecular formula is C9H15N5O. The second kappa shape index (κ2) is 4.31. The van der Waals surface area contributed by atoms with Gasteiger partial charge >= 0.3 is 0 Å². The molecule has 0 aliphatic heterocycles. The highest BCUT2D eigenvalue weighted by molar-refractivity contribution is 5.58. The van der Waals surface area contributed by atoms with E-state index in [-0.39, 0.29) is 11.2 Å². The average molecular weight is 209 g/mol. The van der Waals surface area contributed by atoms with Crippen molar-refractivity contribution in [2.75, 3.05) is 24.1 Å². The second-order valence-corrected chi connectivity index (χ2v) is 3.65. The monoisotopic (exact) mass is 209 g/mol. The Morgan fingerprint density at radius 3 is 3.07 bits per heavy atom. The fourth-order valence-corrected chi connectivity index (χ4v) is 1.30. The molecule has 0 saturated heterocycles. The molecule has 1 heterocycles. The fraction of sp³-hybridized carbons (Fsp3) is 0.556. The Hall–Kier alpha value is -1.56. The van der Waals surface area contributed by atoms with Gasteiger partial charge in [-0.3, -0.25) is 4.79 Å². The van der Waals surface area contributed by atoms with Crippen molar-refractivity contribution in [1.29, 1.82) is 0 Å². The molecule has 0 amide bonds. The lowest BCUT2D eigenvalue weighted by atomic mass is 10.4. The van der Waals surface area contributed by atoms with Crippen LogP contribution in [0.15, 0.2) is 11.1 Å². The molecule has 82 valence electrons. The largest absolute Gasteiger partial charge is 0.391 e. The van der Waals surface area contributed by atoms with E-state index in [1.165, 1.54) is 19.2 Å². The summed E-state index contributed by atoms with van der Waals surface area (Å²) in [5.41, 5.74) is 5.39. The van der Waals surface area contributed by atoms with Crippen molar-refractivity contribution in [2.45, 2.75) is 18.9 Å². The number of aromatic amines is 1. The Bertz CT molecular complexity index is 384. The van der Waals surface area contributed by atoms with Gasteiger partial charge in [0.05, 0.1) is 6.33 Å². The van der Waals surface area contributed by atoms with Crippen molar-refractivity contribution >= 4 is 11.5 Å². The molecule has 0 atom stereocenters. The molecule has 1 aromatic rings. The summed E-state index contributed by atoms with van der Waals surface area (Å²) in [7, 11) is 0. The lowest BCUT2D eigenvalue weighted by Crippen LogP contribution is -2.25. The highest BCUT2D eigenvalue weighted by atomic mass is 16.1. The molecule has 0 radical (unpaired) electrons. The summed E-state index contributed by atoms with van der Waals surface area (Å²) in [6.07, 6.45) is 3.88. The number of nitrogens with one attached hydrogen (secondary N) is 3. The maximum atomic E-state index is 11.1. The van der Waals surface area contributed by atoms with E-state index in [1.54, 1.807) is 0 Å². The van der Waals surface area contributed by atoms with Crippen molar-refractivity contribution in [3.63, 3.8) is 0 Å². The molecule has 1 aliphatic carbocycles. The van der Waals surface area contributed by atoms with Gasteiger partial charge in [-0.05, 0) is 12.8 Å². The van der Waals surface area contributed by atoms with E-state index in [0.29, 0.717) is 11.9 Å². The van der Waals surface area contributed by atoms with Crippen LogP contribution < -0.4 is 21.9 Å². The summed E-state index contributed by atoms with van der Waals surface area (Å²) < 4.78 is 0. The molecule has 6 heteroatoms. The Balaban J connectivity index is 1.81. The molecule has 0 aromatic carbocycles. The third-order valence-corrected chi connectivity index (χ3v) is 2.32. The predicted molar refractivity (Wildman–Crippen MR) is 58.8 cm³/mol. The Kier molecular flexibility index (Phi) is 2.86. The zero-order valence-corrected chi connectivity index (χ0v) is 8.42. The quantitative estimate of drug-likeness (QED) is 0.491. The number of nitrogens with two attached hydrogens (primary N) is 1. The first-order valence-electron chi connectivity index (χ1n) is 5.08. The van der Waals surface area contributed by atoms with Gasteiger partial charge < -0.3 is 21.4 Å². The number of aromatic nitrogens is 2. The van der Waals surface area contributed by atoms with Gasteiger partial charge in [-0.1, -0.05) is 0 Å². The lowest BCUT2D eigenvalue weighted by molar-refractivity contribution is 0.700. The van der Waals surface area contributed by atoms with Gasteiger partial charge in [0.25, 0.3) is 5.56 Å². The molecule has 5 N–H and O–H groups in total. The zero-order chi connectivity index (χ0) is 10.7. The van der Waals surface area contributed by atoms with Crippen LogP contribution in [-0.2, 0) is 0 Å². The van der Waals surface area contributed by atoms with Crippen LogP contribution in [-0.4, -0.2) is 29.1 Å². The topological polar surface area (TPSA) is 95.8 Å². The van der Waals surface area contributed by atoms with E-state index < -0.39 is 0 Å². The van der Waals surface area contributed by atoms with Crippen LogP contribution in [0.5, 0.6) is 0 Å². The highest BCUT2D eigenvalue weighted by Crippen LogP contribution is 2.17. The third kappa shape index (κ3) is 2.69. The summed E-state index contributed by atoms with van der Waals surface area (Å²) in [6, 6.07) is 0.691. The minimum absolute atomic E-state index is 0.143. The van der Waals surface area contributed by atoms with Gasteiger partial charge in [-0.15, -0.1) is 0 Å². The smallest absolute Gasteiger partial charge is 0.276 e. The zero-order valence-electron chi connectivity index (χ0n) is 8.42. The minimum Gasteiger partial charge on any atom is -0.391 e. The van der Waals surface area contributed by atoms with Crippen LogP contribution in [0.25, 0.3) is 0 Å². The Morgan fingerprint density at radius 1 is 1.53 bits per heavy atom. The molecule has 0 bridgehead atoms. The normalized spacial score (nSPS) is 15.2. The maximum Gasteiger partial charge on any atom is 0.276 e. The molecule has 0 unspecified atom stereocenters. The molecular weight excluding hydrogens is 194 g/mol. The van der Waals surface area contributed by atoms with Crippen molar-refractivity contribution in [2.24, 2.45) is 0 Å². The first-order chi connectivity index (χ1) is 7.27. The molecule has 1 saturated carbocycles. The molecule has 15 heavy (non-hydrogen) atoms. The number of rotatable bonds is 5. The van der Waals surface area contributed by atoms with Crippen LogP contribution in [0.1, 0.15) is 12.8 Å². The molecule has 1 aromatic heterocycles. The van der Waals surface area contributed by atoms with Gasteiger partial charge in [0.15, 0.2) is 5.82 Å². The van der Waals surface area contributed by atoms with E-state index in [0.717, 1.165) is 13.1 Å². The Labute approximate surface area is 87.3 Å². The van der Waals surface area contributed by atoms with Gasteiger partial charge in [0.2, 0.25) is 0 Å². The van der Waals surface area contributed by atoms with Crippen LogP contribution in [0.4, 0.5) is 11.5 Å². The summed E-state index contributed by atoms with van der Waals surface area (Å²) >= 11 is 0. The minimum atomic E-state index is -0.303. The molecule has 1 aliphatic rings. The summed E-state index contributed by atoms with van der Waals surface area (Å²) in [5, 5.41) is 6.36. The lowest BCUT2D eigenvalue weighted by Gasteiger charge is -2.07. The average Bonchev–Trinajstić information content (AvgIpc) is 3.02. The second-order valence-electron chi connectivity index (χ2n) is 3.65. The maximum absolute atomic E-state index is 11.1. The standard InChI is InChI=1S/C9H15N5O/c10-7-8(13-5-14-9(7)15)12-4-3-11-6-1-2-6/h5-6,11H,1-4,10H2,(H2,12,13,14,15). The van der Waals surface area contributed by atoms with E-state index in [4.69, 9.17) is 5.73 Å². The number of nitrogen functional groups attached to an aromatic ring is 1. The SMILES string of the molecule is Nc1c(NCCNC2CC2)nc[nH]c1=O. The van der Waals surface area contributed by atoms with E-state index in [1.807, 2.05) is 0 Å². The van der Waals surface area contributed by atoms with Gasteiger partial charge in [-0.2, -0.15) is 0 Å². The van der Waals surface area contributed by atoms with Gasteiger partial charge in [0.1, 0.15) is 5.69 Å².